The summed E-state index contributed by atoms with van der Waals surface area (Å²) < 4.78 is 5.75. The van der Waals surface area contributed by atoms with Crippen molar-refractivity contribution in [3.05, 3.63) is 0 Å². The summed E-state index contributed by atoms with van der Waals surface area (Å²) in [5.74, 6) is 0.249. The van der Waals surface area contributed by atoms with Gasteiger partial charge in [0.2, 0.25) is 5.91 Å². The van der Waals surface area contributed by atoms with Gasteiger partial charge in [-0.2, -0.15) is 0 Å². The van der Waals surface area contributed by atoms with Gasteiger partial charge < -0.3 is 19.9 Å². The molecule has 0 spiro atoms. The number of likely N-dealkylation sites (N-methyl/N-ethyl adjacent to an activating group) is 2. The second-order valence-corrected chi connectivity index (χ2v) is 6.80. The minimum absolute atomic E-state index is 0.127. The molecule has 2 fully saturated rings. The summed E-state index contributed by atoms with van der Waals surface area (Å²) >= 11 is 0. The van der Waals surface area contributed by atoms with Gasteiger partial charge in [-0.25, -0.2) is 0 Å². The summed E-state index contributed by atoms with van der Waals surface area (Å²) in [4.78, 5) is 17.1. The number of hydrogen-bond acceptors (Lipinski definition) is 4. The molecule has 2 aliphatic rings. The number of hydrogen-bond donors (Lipinski definition) is 1. The van der Waals surface area contributed by atoms with Gasteiger partial charge in [0.1, 0.15) is 0 Å². The van der Waals surface area contributed by atoms with Crippen LogP contribution in [0.2, 0.25) is 0 Å². The fourth-order valence-corrected chi connectivity index (χ4v) is 3.62. The van der Waals surface area contributed by atoms with Crippen molar-refractivity contribution in [3.8, 4) is 0 Å². The number of carbonyl (C=O) groups is 1. The quantitative estimate of drug-likeness (QED) is 0.807. The van der Waals surface area contributed by atoms with Gasteiger partial charge in [0.25, 0.3) is 0 Å². The second kappa shape index (κ2) is 8.85. The number of morpholine rings is 1. The van der Waals surface area contributed by atoms with E-state index in [0.717, 1.165) is 32.8 Å². The summed E-state index contributed by atoms with van der Waals surface area (Å²) in [6.45, 7) is 8.37. The molecule has 5 heteroatoms. The summed E-state index contributed by atoms with van der Waals surface area (Å²) in [5, 5.41) is 3.38. The Hall–Kier alpha value is -0.650. The number of carbonyl (C=O) groups excluding carboxylic acids is 1. The Morgan fingerprint density at radius 1 is 1.36 bits per heavy atom. The van der Waals surface area contributed by atoms with Crippen molar-refractivity contribution in [1.29, 1.82) is 0 Å². The van der Waals surface area contributed by atoms with Gasteiger partial charge in [-0.15, -0.1) is 0 Å². The van der Waals surface area contributed by atoms with Crippen LogP contribution in [0.5, 0.6) is 0 Å². The molecule has 22 heavy (non-hydrogen) atoms. The third kappa shape index (κ3) is 4.93. The second-order valence-electron chi connectivity index (χ2n) is 6.80. The zero-order valence-corrected chi connectivity index (χ0v) is 14.5. The number of amides is 1. The van der Waals surface area contributed by atoms with E-state index in [9.17, 15) is 4.79 Å². The average Bonchev–Trinajstić information content (AvgIpc) is 2.54. The zero-order valence-electron chi connectivity index (χ0n) is 14.5. The van der Waals surface area contributed by atoms with Crippen LogP contribution in [0.4, 0.5) is 0 Å². The van der Waals surface area contributed by atoms with E-state index in [1.807, 2.05) is 6.92 Å². The van der Waals surface area contributed by atoms with Crippen LogP contribution in [0, 0.1) is 0 Å². The molecule has 1 saturated heterocycles. The number of rotatable bonds is 6. The normalized spacial score (nSPS) is 25.9. The first-order valence-electron chi connectivity index (χ1n) is 8.95. The van der Waals surface area contributed by atoms with E-state index < -0.39 is 0 Å². The Bertz CT molecular complexity index is 345. The van der Waals surface area contributed by atoms with Gasteiger partial charge >= 0.3 is 0 Å². The summed E-state index contributed by atoms with van der Waals surface area (Å²) in [6, 6.07) is 0.324. The molecule has 1 aliphatic carbocycles. The Kier molecular flexibility index (Phi) is 7.12. The van der Waals surface area contributed by atoms with Crippen molar-refractivity contribution < 1.29 is 9.53 Å². The maximum atomic E-state index is 12.7. The number of ether oxygens (including phenoxy) is 1. The third-order valence-corrected chi connectivity index (χ3v) is 5.00. The first-order valence-corrected chi connectivity index (χ1v) is 8.95. The Morgan fingerprint density at radius 2 is 2.09 bits per heavy atom. The van der Waals surface area contributed by atoms with Crippen LogP contribution >= 0.6 is 0 Å². The van der Waals surface area contributed by atoms with Gasteiger partial charge in [0.05, 0.1) is 18.8 Å². The molecule has 1 amide bonds. The van der Waals surface area contributed by atoms with Crippen LogP contribution in [0.3, 0.4) is 0 Å². The first kappa shape index (κ1) is 17.7. The SMILES string of the molecule is CCN(C(=O)[C@H](C)NC[C@H]1CN(C)CCO1)C1CCCCC1. The maximum Gasteiger partial charge on any atom is 0.239 e. The molecule has 1 N–H and O–H groups in total. The maximum absolute atomic E-state index is 12.7. The highest BCUT2D eigenvalue weighted by Gasteiger charge is 2.28. The van der Waals surface area contributed by atoms with Gasteiger partial charge in [-0.3, -0.25) is 4.79 Å². The lowest BCUT2D eigenvalue weighted by atomic mass is 9.94. The van der Waals surface area contributed by atoms with Crippen molar-refractivity contribution >= 4 is 5.91 Å². The van der Waals surface area contributed by atoms with Gasteiger partial charge in [-0.1, -0.05) is 19.3 Å². The molecule has 1 aliphatic heterocycles. The highest BCUT2D eigenvalue weighted by atomic mass is 16.5. The topological polar surface area (TPSA) is 44.8 Å². The third-order valence-electron chi connectivity index (χ3n) is 5.00. The van der Waals surface area contributed by atoms with Crippen LogP contribution in [-0.2, 0) is 9.53 Å². The predicted molar refractivity (Wildman–Crippen MR) is 89.0 cm³/mol. The molecular formula is C17H33N3O2. The molecule has 2 atom stereocenters. The Morgan fingerprint density at radius 3 is 2.73 bits per heavy atom. The van der Waals surface area contributed by atoms with Crippen LogP contribution < -0.4 is 5.32 Å². The molecule has 0 radical (unpaired) electrons. The molecule has 0 unspecified atom stereocenters. The minimum Gasteiger partial charge on any atom is -0.374 e. The summed E-state index contributed by atoms with van der Waals surface area (Å²) in [5.41, 5.74) is 0. The van der Waals surface area contributed by atoms with Crippen molar-refractivity contribution in [1.82, 2.24) is 15.1 Å². The molecule has 0 aromatic carbocycles. The lowest BCUT2D eigenvalue weighted by Gasteiger charge is -2.36. The van der Waals surface area contributed by atoms with Gasteiger partial charge in [-0.05, 0) is 33.7 Å². The molecule has 0 aromatic heterocycles. The van der Waals surface area contributed by atoms with Crippen molar-refractivity contribution in [2.75, 3.05) is 39.8 Å². The molecule has 0 bridgehead atoms. The molecule has 1 heterocycles. The number of nitrogens with zero attached hydrogens (tertiary/aromatic N) is 2. The molecular weight excluding hydrogens is 278 g/mol. The van der Waals surface area contributed by atoms with Crippen LogP contribution in [0.1, 0.15) is 46.0 Å². The van der Waals surface area contributed by atoms with Crippen molar-refractivity contribution in [3.63, 3.8) is 0 Å². The largest absolute Gasteiger partial charge is 0.374 e. The Balaban J connectivity index is 1.79. The molecule has 2 rings (SSSR count). The monoisotopic (exact) mass is 311 g/mol. The zero-order chi connectivity index (χ0) is 15.9. The van der Waals surface area contributed by atoms with E-state index in [1.165, 1.54) is 32.1 Å². The smallest absolute Gasteiger partial charge is 0.239 e. The van der Waals surface area contributed by atoms with Gasteiger partial charge in [0, 0.05) is 32.2 Å². The molecule has 1 saturated carbocycles. The van der Waals surface area contributed by atoms with Crippen LogP contribution in [-0.4, -0.2) is 73.7 Å². The van der Waals surface area contributed by atoms with E-state index >= 15 is 0 Å². The molecule has 0 aromatic rings. The standard InChI is InChI=1S/C17H33N3O2/c1-4-20(15-8-6-5-7-9-15)17(21)14(2)18-12-16-13-19(3)10-11-22-16/h14-16,18H,4-13H2,1-3H3/t14-,16-/m0/s1. The van der Waals surface area contributed by atoms with E-state index in [1.54, 1.807) is 0 Å². The van der Waals surface area contributed by atoms with E-state index in [0.29, 0.717) is 6.04 Å². The highest BCUT2D eigenvalue weighted by Crippen LogP contribution is 2.23. The first-order chi connectivity index (χ1) is 10.6. The van der Waals surface area contributed by atoms with E-state index in [4.69, 9.17) is 4.74 Å². The van der Waals surface area contributed by atoms with Crippen LogP contribution in [0.15, 0.2) is 0 Å². The van der Waals surface area contributed by atoms with E-state index in [-0.39, 0.29) is 18.1 Å². The fourth-order valence-electron chi connectivity index (χ4n) is 3.62. The predicted octanol–water partition coefficient (Wildman–Crippen LogP) is 1.48. The lowest BCUT2D eigenvalue weighted by molar-refractivity contribution is -0.136. The van der Waals surface area contributed by atoms with E-state index in [2.05, 4.69) is 29.1 Å². The molecule has 128 valence electrons. The Labute approximate surface area is 135 Å². The minimum atomic E-state index is -0.127. The summed E-state index contributed by atoms with van der Waals surface area (Å²) in [7, 11) is 2.12. The molecule has 5 nitrogen and oxygen atoms in total. The van der Waals surface area contributed by atoms with Crippen molar-refractivity contribution in [2.45, 2.75) is 64.1 Å². The lowest BCUT2D eigenvalue weighted by Crippen LogP contribution is -2.52. The highest BCUT2D eigenvalue weighted by molar-refractivity contribution is 5.81. The number of nitrogens with one attached hydrogen (secondary N) is 1. The average molecular weight is 311 g/mol. The summed E-state index contributed by atoms with van der Waals surface area (Å²) in [6.07, 6.45) is 6.38. The van der Waals surface area contributed by atoms with Crippen LogP contribution in [0.25, 0.3) is 0 Å². The fraction of sp³-hybridized carbons (Fsp3) is 0.941. The van der Waals surface area contributed by atoms with Gasteiger partial charge in [0.15, 0.2) is 0 Å². The van der Waals surface area contributed by atoms with Crippen molar-refractivity contribution in [2.24, 2.45) is 0 Å².